The normalized spacial score (nSPS) is 30.3. The maximum Gasteiger partial charge on any atom is 0.307 e. The van der Waals surface area contributed by atoms with Crippen molar-refractivity contribution in [1.82, 2.24) is 4.90 Å². The van der Waals surface area contributed by atoms with E-state index in [-0.39, 0.29) is 18.7 Å². The lowest BCUT2D eigenvalue weighted by atomic mass is 9.94. The molecule has 120 valence electrons. The van der Waals surface area contributed by atoms with Gasteiger partial charge < -0.3 is 14.7 Å². The zero-order valence-corrected chi connectivity index (χ0v) is 12.5. The summed E-state index contributed by atoms with van der Waals surface area (Å²) < 4.78 is 32.3. The van der Waals surface area contributed by atoms with Gasteiger partial charge in [0.25, 0.3) is 10.1 Å². The van der Waals surface area contributed by atoms with Crippen molar-refractivity contribution in [1.29, 1.82) is 0 Å². The number of carbonyl (C=O) groups excluding carboxylic acids is 1. The van der Waals surface area contributed by atoms with E-state index in [9.17, 15) is 23.1 Å². The van der Waals surface area contributed by atoms with Crippen molar-refractivity contribution >= 4 is 22.0 Å². The molecule has 2 rings (SSSR count). The molecule has 0 spiro atoms. The molecular formula is C12H19NO7S. The molecule has 0 aromatic heterocycles. The maximum atomic E-state index is 12.4. The highest BCUT2D eigenvalue weighted by atomic mass is 32.2. The molecule has 1 N–H and O–H groups in total. The highest BCUT2D eigenvalue weighted by Gasteiger charge is 2.45. The molecule has 0 aromatic rings. The molecule has 2 fully saturated rings. The van der Waals surface area contributed by atoms with Crippen LogP contribution in [-0.4, -0.2) is 69.0 Å². The minimum Gasteiger partial charge on any atom is -0.481 e. The Bertz CT molecular complexity index is 512. The summed E-state index contributed by atoms with van der Waals surface area (Å²) in [5.41, 5.74) is 0. The Morgan fingerprint density at radius 1 is 1.19 bits per heavy atom. The zero-order valence-electron chi connectivity index (χ0n) is 11.7. The number of carboxylic acids is 1. The van der Waals surface area contributed by atoms with Gasteiger partial charge in [0.1, 0.15) is 0 Å². The molecule has 1 saturated heterocycles. The number of nitrogens with zero attached hydrogens (tertiary/aromatic N) is 1. The number of amides is 1. The van der Waals surface area contributed by atoms with Gasteiger partial charge in [-0.2, -0.15) is 8.42 Å². The van der Waals surface area contributed by atoms with Crippen LogP contribution >= 0.6 is 0 Å². The lowest BCUT2D eigenvalue weighted by molar-refractivity contribution is -0.150. The van der Waals surface area contributed by atoms with E-state index in [2.05, 4.69) is 0 Å². The van der Waals surface area contributed by atoms with Crippen LogP contribution in [0.3, 0.4) is 0 Å². The average molecular weight is 321 g/mol. The molecule has 1 aliphatic heterocycles. The van der Waals surface area contributed by atoms with Crippen LogP contribution < -0.4 is 0 Å². The third-order valence-electron chi connectivity index (χ3n) is 3.79. The van der Waals surface area contributed by atoms with Crippen molar-refractivity contribution < 1.29 is 32.0 Å². The van der Waals surface area contributed by atoms with E-state index >= 15 is 0 Å². The van der Waals surface area contributed by atoms with Gasteiger partial charge in [0.2, 0.25) is 5.91 Å². The quantitative estimate of drug-likeness (QED) is 0.682. The van der Waals surface area contributed by atoms with Crippen molar-refractivity contribution in [3.05, 3.63) is 0 Å². The number of morpholine rings is 1. The van der Waals surface area contributed by atoms with Crippen molar-refractivity contribution in [2.24, 2.45) is 11.8 Å². The van der Waals surface area contributed by atoms with E-state index in [0.29, 0.717) is 26.3 Å². The third-order valence-corrected chi connectivity index (χ3v) is 4.41. The maximum absolute atomic E-state index is 12.4. The zero-order chi connectivity index (χ0) is 15.6. The van der Waals surface area contributed by atoms with Gasteiger partial charge >= 0.3 is 5.97 Å². The number of hydrogen-bond acceptors (Lipinski definition) is 6. The predicted molar refractivity (Wildman–Crippen MR) is 71.0 cm³/mol. The van der Waals surface area contributed by atoms with Crippen molar-refractivity contribution in [3.63, 3.8) is 0 Å². The number of aliphatic carboxylic acids is 1. The summed E-state index contributed by atoms with van der Waals surface area (Å²) in [6, 6.07) is 0. The van der Waals surface area contributed by atoms with E-state index in [4.69, 9.17) is 8.92 Å². The molecule has 1 aliphatic carbocycles. The molecule has 0 bridgehead atoms. The van der Waals surface area contributed by atoms with Crippen LogP contribution in [-0.2, 0) is 28.6 Å². The summed E-state index contributed by atoms with van der Waals surface area (Å²) in [5.74, 6) is -3.01. The van der Waals surface area contributed by atoms with Crippen LogP contribution in [0.1, 0.15) is 12.8 Å². The van der Waals surface area contributed by atoms with E-state index in [1.54, 1.807) is 4.90 Å². The van der Waals surface area contributed by atoms with Gasteiger partial charge in [-0.1, -0.05) is 0 Å². The smallest absolute Gasteiger partial charge is 0.307 e. The summed E-state index contributed by atoms with van der Waals surface area (Å²) in [6.45, 7) is 1.72. The van der Waals surface area contributed by atoms with Gasteiger partial charge in [-0.3, -0.25) is 13.8 Å². The molecule has 21 heavy (non-hydrogen) atoms. The second kappa shape index (κ2) is 6.29. The number of carboxylic acid groups (broad SMARTS) is 1. The van der Waals surface area contributed by atoms with E-state index in [0.717, 1.165) is 6.26 Å². The first-order valence-electron chi connectivity index (χ1n) is 6.75. The first kappa shape index (κ1) is 16.2. The average Bonchev–Trinajstić information content (AvgIpc) is 2.80. The Morgan fingerprint density at radius 2 is 1.76 bits per heavy atom. The summed E-state index contributed by atoms with van der Waals surface area (Å²) in [5, 5.41) is 9.25. The Morgan fingerprint density at radius 3 is 2.29 bits per heavy atom. The van der Waals surface area contributed by atoms with Crippen LogP contribution in [0.2, 0.25) is 0 Å². The number of ether oxygens (including phenoxy) is 1. The summed E-state index contributed by atoms with van der Waals surface area (Å²) >= 11 is 0. The van der Waals surface area contributed by atoms with Gasteiger partial charge in [0, 0.05) is 13.1 Å². The summed E-state index contributed by atoms with van der Waals surface area (Å²) in [6.07, 6.45) is 0.305. The molecule has 1 saturated carbocycles. The molecule has 1 heterocycles. The molecule has 0 unspecified atom stereocenters. The molecule has 9 heteroatoms. The second-order valence-corrected chi connectivity index (χ2v) is 6.98. The molecule has 8 nitrogen and oxygen atoms in total. The predicted octanol–water partition coefficient (Wildman–Crippen LogP) is -0.699. The SMILES string of the molecule is CS(=O)(=O)O[C@H]1C[C@@H](C(=O)O)[C@H](C(=O)N2CCOCC2)C1. The van der Waals surface area contributed by atoms with Gasteiger partial charge in [-0.15, -0.1) is 0 Å². The topological polar surface area (TPSA) is 110 Å². The lowest BCUT2D eigenvalue weighted by Gasteiger charge is -2.30. The van der Waals surface area contributed by atoms with E-state index < -0.39 is 34.0 Å². The Hall–Kier alpha value is -1.19. The molecule has 0 aromatic carbocycles. The van der Waals surface area contributed by atoms with Crippen LogP contribution in [0.15, 0.2) is 0 Å². The number of rotatable bonds is 4. The molecule has 3 atom stereocenters. The monoisotopic (exact) mass is 321 g/mol. The van der Waals surface area contributed by atoms with Crippen molar-refractivity contribution in [2.75, 3.05) is 32.6 Å². The van der Waals surface area contributed by atoms with Crippen LogP contribution in [0, 0.1) is 11.8 Å². The molecular weight excluding hydrogens is 302 g/mol. The fourth-order valence-electron chi connectivity index (χ4n) is 2.88. The van der Waals surface area contributed by atoms with Gasteiger partial charge in [0.05, 0.1) is 37.4 Å². The molecule has 2 aliphatic rings. The molecule has 1 amide bonds. The summed E-state index contributed by atoms with van der Waals surface area (Å²) in [7, 11) is -3.67. The van der Waals surface area contributed by atoms with E-state index in [1.807, 2.05) is 0 Å². The van der Waals surface area contributed by atoms with Crippen LogP contribution in [0.5, 0.6) is 0 Å². The summed E-state index contributed by atoms with van der Waals surface area (Å²) in [4.78, 5) is 25.3. The van der Waals surface area contributed by atoms with E-state index in [1.165, 1.54) is 0 Å². The Kier molecular flexibility index (Phi) is 4.84. The van der Waals surface area contributed by atoms with Crippen molar-refractivity contribution in [2.45, 2.75) is 18.9 Å². The van der Waals surface area contributed by atoms with Gasteiger partial charge in [-0.25, -0.2) is 0 Å². The second-order valence-electron chi connectivity index (χ2n) is 5.38. The van der Waals surface area contributed by atoms with Gasteiger partial charge in [-0.05, 0) is 12.8 Å². The fraction of sp³-hybridized carbons (Fsp3) is 0.833. The Balaban J connectivity index is 2.08. The first-order chi connectivity index (χ1) is 9.78. The first-order valence-corrected chi connectivity index (χ1v) is 8.57. The highest BCUT2D eigenvalue weighted by molar-refractivity contribution is 7.86. The van der Waals surface area contributed by atoms with Crippen LogP contribution in [0.25, 0.3) is 0 Å². The number of hydrogen-bond donors (Lipinski definition) is 1. The van der Waals surface area contributed by atoms with Gasteiger partial charge in [0.15, 0.2) is 0 Å². The lowest BCUT2D eigenvalue weighted by Crippen LogP contribution is -2.45. The fourth-order valence-corrected chi connectivity index (χ4v) is 3.53. The van der Waals surface area contributed by atoms with Crippen molar-refractivity contribution in [3.8, 4) is 0 Å². The van der Waals surface area contributed by atoms with Crippen LogP contribution in [0.4, 0.5) is 0 Å². The highest BCUT2D eigenvalue weighted by Crippen LogP contribution is 2.36. The Labute approximate surface area is 123 Å². The molecule has 0 radical (unpaired) electrons. The largest absolute Gasteiger partial charge is 0.481 e. The third kappa shape index (κ3) is 4.14. The minimum atomic E-state index is -3.67. The number of carbonyl (C=O) groups is 2. The standard InChI is InChI=1S/C12H19NO7S/c1-21(17,18)20-8-6-9(10(7-8)12(15)16)11(14)13-2-4-19-5-3-13/h8-10H,2-7H2,1H3,(H,15,16)/t8-,9-,10-/m1/s1. The minimum absolute atomic E-state index is 0.0309.